The number of hydrogen-bond acceptors (Lipinski definition) is 4. The smallest absolute Gasteiger partial charge is 0.292 e. The Hall–Kier alpha value is -1.57. The first kappa shape index (κ1) is 11.5. The molecule has 0 heterocycles. The summed E-state index contributed by atoms with van der Waals surface area (Å²) in [5.41, 5.74) is 0.114. The van der Waals surface area contributed by atoms with Crippen LogP contribution >= 0.6 is 23.2 Å². The van der Waals surface area contributed by atoms with Gasteiger partial charge in [-0.2, -0.15) is 0 Å². The molecule has 0 radical (unpaired) electrons. The van der Waals surface area contributed by atoms with Crippen LogP contribution in [0.15, 0.2) is 18.2 Å². The largest absolute Gasteiger partial charge is 0.387 e. The van der Waals surface area contributed by atoms with E-state index in [1.54, 1.807) is 0 Å². The molecule has 0 bridgehead atoms. The SMILES string of the molecule is N#COc1cc(C(=O)Cl)ccc1C(=O)Cl. The van der Waals surface area contributed by atoms with Crippen LogP contribution in [0.1, 0.15) is 20.7 Å². The Morgan fingerprint density at radius 1 is 1.27 bits per heavy atom. The first-order valence-corrected chi connectivity index (χ1v) is 4.41. The number of carbonyl (C=O) groups is 2. The molecule has 1 aromatic rings. The average Bonchev–Trinajstić information content (AvgIpc) is 2.17. The van der Waals surface area contributed by atoms with Crippen LogP contribution in [0.25, 0.3) is 0 Å². The summed E-state index contributed by atoms with van der Waals surface area (Å²) < 4.78 is 4.48. The van der Waals surface area contributed by atoms with E-state index in [0.29, 0.717) is 0 Å². The molecule has 0 aliphatic carbocycles. The van der Waals surface area contributed by atoms with Gasteiger partial charge in [-0.1, -0.05) is 0 Å². The summed E-state index contributed by atoms with van der Waals surface area (Å²) in [7, 11) is 0. The van der Waals surface area contributed by atoms with Gasteiger partial charge < -0.3 is 4.74 Å². The van der Waals surface area contributed by atoms with Crippen molar-refractivity contribution < 1.29 is 14.3 Å². The third-order valence-electron chi connectivity index (χ3n) is 1.58. The number of hydrogen-bond donors (Lipinski definition) is 0. The molecule has 0 saturated heterocycles. The molecule has 0 spiro atoms. The number of rotatable bonds is 3. The van der Waals surface area contributed by atoms with Crippen LogP contribution in [0.4, 0.5) is 0 Å². The Bertz CT molecular complexity index is 465. The maximum Gasteiger partial charge on any atom is 0.292 e. The molecule has 76 valence electrons. The van der Waals surface area contributed by atoms with Gasteiger partial charge in [0.25, 0.3) is 16.7 Å². The van der Waals surface area contributed by atoms with E-state index < -0.39 is 10.5 Å². The topological polar surface area (TPSA) is 67.2 Å². The minimum atomic E-state index is -0.783. The van der Waals surface area contributed by atoms with Crippen LogP contribution < -0.4 is 4.74 Å². The van der Waals surface area contributed by atoms with Crippen molar-refractivity contribution >= 4 is 33.7 Å². The molecule has 0 aliphatic heterocycles. The van der Waals surface area contributed by atoms with Crippen molar-refractivity contribution in [3.05, 3.63) is 29.3 Å². The lowest BCUT2D eigenvalue weighted by Gasteiger charge is -2.02. The third-order valence-corrected chi connectivity index (χ3v) is 2.00. The molecular formula is C9H3Cl2NO3. The molecule has 0 fully saturated rings. The molecule has 4 nitrogen and oxygen atoms in total. The van der Waals surface area contributed by atoms with Crippen molar-refractivity contribution in [2.24, 2.45) is 0 Å². The van der Waals surface area contributed by atoms with E-state index in [2.05, 4.69) is 4.74 Å². The highest BCUT2D eigenvalue weighted by Crippen LogP contribution is 2.23. The summed E-state index contributed by atoms with van der Waals surface area (Å²) in [5.74, 6) is -0.0935. The van der Waals surface area contributed by atoms with Crippen LogP contribution in [0.3, 0.4) is 0 Å². The van der Waals surface area contributed by atoms with Crippen LogP contribution in [0.5, 0.6) is 5.75 Å². The highest BCUT2D eigenvalue weighted by atomic mass is 35.5. The lowest BCUT2D eigenvalue weighted by atomic mass is 10.1. The summed E-state index contributed by atoms with van der Waals surface area (Å²) in [4.78, 5) is 21.7. The molecule has 0 aliphatic rings. The van der Waals surface area contributed by atoms with E-state index in [-0.39, 0.29) is 16.9 Å². The van der Waals surface area contributed by atoms with Crippen LogP contribution in [0, 0.1) is 11.5 Å². The zero-order valence-corrected chi connectivity index (χ0v) is 8.67. The molecule has 1 rings (SSSR count). The number of nitriles is 1. The van der Waals surface area contributed by atoms with E-state index in [0.717, 1.165) is 0 Å². The zero-order valence-electron chi connectivity index (χ0n) is 7.16. The van der Waals surface area contributed by atoms with Crippen molar-refractivity contribution in [1.29, 1.82) is 5.26 Å². The fourth-order valence-electron chi connectivity index (χ4n) is 0.941. The molecule has 0 atom stereocenters. The summed E-state index contributed by atoms with van der Waals surface area (Å²) in [6.07, 6.45) is 1.38. The summed E-state index contributed by atoms with van der Waals surface area (Å²) in [6, 6.07) is 3.75. The van der Waals surface area contributed by atoms with Gasteiger partial charge in [-0.15, -0.1) is 5.26 Å². The maximum absolute atomic E-state index is 10.9. The van der Waals surface area contributed by atoms with E-state index in [1.807, 2.05) is 0 Å². The second kappa shape index (κ2) is 4.78. The predicted octanol–water partition coefficient (Wildman–Crippen LogP) is 2.30. The Morgan fingerprint density at radius 2 is 1.93 bits per heavy atom. The van der Waals surface area contributed by atoms with Crippen molar-refractivity contribution in [3.8, 4) is 12.0 Å². The third kappa shape index (κ3) is 2.69. The molecular weight excluding hydrogens is 241 g/mol. The van der Waals surface area contributed by atoms with Gasteiger partial charge in [-0.25, -0.2) is 0 Å². The predicted molar refractivity (Wildman–Crippen MR) is 53.1 cm³/mol. The molecule has 0 aromatic heterocycles. The second-order valence-corrected chi connectivity index (χ2v) is 3.14. The molecule has 0 saturated carbocycles. The Morgan fingerprint density at radius 3 is 2.40 bits per heavy atom. The molecule has 15 heavy (non-hydrogen) atoms. The fraction of sp³-hybridized carbons (Fsp3) is 0. The average molecular weight is 244 g/mol. The zero-order chi connectivity index (χ0) is 11.4. The van der Waals surface area contributed by atoms with E-state index in [4.69, 9.17) is 28.5 Å². The highest BCUT2D eigenvalue weighted by Gasteiger charge is 2.13. The Kier molecular flexibility index (Phi) is 3.67. The van der Waals surface area contributed by atoms with Crippen LogP contribution in [0.2, 0.25) is 0 Å². The van der Waals surface area contributed by atoms with Crippen LogP contribution in [-0.2, 0) is 0 Å². The standard InChI is InChI=1S/C9H3Cl2NO3/c10-8(13)5-1-2-6(9(11)14)7(3-5)15-4-12/h1-3H. The summed E-state index contributed by atoms with van der Waals surface area (Å²) in [6.45, 7) is 0. The van der Waals surface area contributed by atoms with Gasteiger partial charge in [-0.3, -0.25) is 9.59 Å². The highest BCUT2D eigenvalue weighted by molar-refractivity contribution is 6.68. The number of benzene rings is 1. The minimum absolute atomic E-state index is 0.000108. The maximum atomic E-state index is 10.9. The van der Waals surface area contributed by atoms with Gasteiger partial charge in [0.1, 0.15) is 0 Å². The van der Waals surface area contributed by atoms with Gasteiger partial charge in [0.2, 0.25) is 0 Å². The quantitative estimate of drug-likeness (QED) is 0.604. The molecule has 6 heteroatoms. The number of nitrogens with zero attached hydrogens (tertiary/aromatic N) is 1. The van der Waals surface area contributed by atoms with Gasteiger partial charge in [0.15, 0.2) is 5.75 Å². The lowest BCUT2D eigenvalue weighted by molar-refractivity contribution is 0.106. The molecule has 0 N–H and O–H groups in total. The van der Waals surface area contributed by atoms with Crippen molar-refractivity contribution in [3.63, 3.8) is 0 Å². The number of ether oxygens (including phenoxy) is 1. The van der Waals surface area contributed by atoms with Gasteiger partial charge in [0, 0.05) is 5.56 Å². The van der Waals surface area contributed by atoms with E-state index in [1.165, 1.54) is 24.5 Å². The van der Waals surface area contributed by atoms with E-state index >= 15 is 0 Å². The Labute approximate surface area is 95.0 Å². The minimum Gasteiger partial charge on any atom is -0.387 e. The van der Waals surface area contributed by atoms with Gasteiger partial charge in [0.05, 0.1) is 5.56 Å². The molecule has 0 amide bonds. The fourth-order valence-corrected chi connectivity index (χ4v) is 1.21. The number of carbonyl (C=O) groups excluding carboxylic acids is 2. The molecule has 1 aromatic carbocycles. The first-order chi connectivity index (χ1) is 7.06. The van der Waals surface area contributed by atoms with Gasteiger partial charge in [-0.05, 0) is 41.4 Å². The normalized spacial score (nSPS) is 9.13. The lowest BCUT2D eigenvalue weighted by Crippen LogP contribution is -1.98. The van der Waals surface area contributed by atoms with Crippen molar-refractivity contribution in [2.45, 2.75) is 0 Å². The van der Waals surface area contributed by atoms with Crippen LogP contribution in [-0.4, -0.2) is 10.5 Å². The second-order valence-electron chi connectivity index (χ2n) is 2.45. The van der Waals surface area contributed by atoms with Crippen molar-refractivity contribution in [2.75, 3.05) is 0 Å². The van der Waals surface area contributed by atoms with E-state index in [9.17, 15) is 9.59 Å². The number of halogens is 2. The van der Waals surface area contributed by atoms with Gasteiger partial charge >= 0.3 is 0 Å². The summed E-state index contributed by atoms with van der Waals surface area (Å²) >= 11 is 10.4. The molecule has 0 unspecified atom stereocenters. The van der Waals surface area contributed by atoms with Crippen molar-refractivity contribution in [1.82, 2.24) is 0 Å². The monoisotopic (exact) mass is 243 g/mol. The Balaban J connectivity index is 3.27. The first-order valence-electron chi connectivity index (χ1n) is 3.66. The summed E-state index contributed by atoms with van der Waals surface area (Å²) in [5, 5.41) is 6.81.